The van der Waals surface area contributed by atoms with Gasteiger partial charge in [0.2, 0.25) is 0 Å². The van der Waals surface area contributed by atoms with Crippen molar-refractivity contribution in [2.75, 3.05) is 41.5 Å². The van der Waals surface area contributed by atoms with Gasteiger partial charge in [-0.3, -0.25) is 4.79 Å². The van der Waals surface area contributed by atoms with Gasteiger partial charge in [0.1, 0.15) is 0 Å². The third-order valence-corrected chi connectivity index (χ3v) is 6.25. The van der Waals surface area contributed by atoms with Gasteiger partial charge in [0.15, 0.2) is 28.8 Å². The Kier molecular flexibility index (Phi) is 7.80. The highest BCUT2D eigenvalue weighted by atomic mass is 79.9. The van der Waals surface area contributed by atoms with E-state index < -0.39 is 0 Å². The molecule has 0 atom stereocenters. The average Bonchev–Trinajstić information content (AvgIpc) is 2.78. The van der Waals surface area contributed by atoms with Crippen LogP contribution in [0.4, 0.5) is 0 Å². The zero-order valence-corrected chi connectivity index (χ0v) is 20.8. The van der Waals surface area contributed by atoms with Gasteiger partial charge in [-0.1, -0.05) is 31.9 Å². The van der Waals surface area contributed by atoms with E-state index in [0.29, 0.717) is 47.2 Å². The number of ether oxygens (including phenoxy) is 4. The van der Waals surface area contributed by atoms with E-state index in [4.69, 9.17) is 18.9 Å². The first-order valence-corrected chi connectivity index (χ1v) is 11.0. The zero-order chi connectivity index (χ0) is 22.5. The summed E-state index contributed by atoms with van der Waals surface area (Å²) >= 11 is 7.10. The van der Waals surface area contributed by atoms with Crippen molar-refractivity contribution in [3.05, 3.63) is 55.5 Å². The van der Waals surface area contributed by atoms with Crippen molar-refractivity contribution in [3.63, 3.8) is 0 Å². The molecular weight excluding hydrogens is 530 g/mol. The van der Waals surface area contributed by atoms with E-state index in [0.717, 1.165) is 20.1 Å². The van der Waals surface area contributed by atoms with Gasteiger partial charge in [-0.05, 0) is 47.5 Å². The maximum Gasteiger partial charge on any atom is 0.187 e. The summed E-state index contributed by atoms with van der Waals surface area (Å²) in [6.07, 6.45) is 3.72. The third kappa shape index (κ3) is 5.14. The Morgan fingerprint density at radius 3 is 1.42 bits per heavy atom. The molecule has 8 heteroatoms. The minimum Gasteiger partial charge on any atom is -0.493 e. The molecule has 1 aliphatic heterocycles. The van der Waals surface area contributed by atoms with E-state index in [1.165, 1.54) is 0 Å². The number of hydrogen-bond donors (Lipinski definition) is 1. The summed E-state index contributed by atoms with van der Waals surface area (Å²) in [5.41, 5.74) is 2.97. The first-order valence-electron chi connectivity index (χ1n) is 9.41. The Bertz CT molecular complexity index is 981. The largest absolute Gasteiger partial charge is 0.493 e. The van der Waals surface area contributed by atoms with Gasteiger partial charge in [-0.2, -0.15) is 0 Å². The lowest BCUT2D eigenvalue weighted by molar-refractivity contribution is -0.112. The molecule has 1 N–H and O–H groups in total. The van der Waals surface area contributed by atoms with Gasteiger partial charge in [0, 0.05) is 33.2 Å². The SMILES string of the molecule is COc1cc(Br)c(C=C2CNCC(=Cc3cc(OC)c(OC)cc3Br)C2=O)cc1OC. The molecule has 0 bridgehead atoms. The highest BCUT2D eigenvalue weighted by molar-refractivity contribution is 9.10. The van der Waals surface area contributed by atoms with Crippen LogP contribution < -0.4 is 24.3 Å². The summed E-state index contributed by atoms with van der Waals surface area (Å²) in [4.78, 5) is 13.2. The summed E-state index contributed by atoms with van der Waals surface area (Å²) < 4.78 is 23.0. The molecular formula is C23H23Br2NO5. The molecule has 0 amide bonds. The van der Waals surface area contributed by atoms with E-state index in [1.54, 1.807) is 28.4 Å². The van der Waals surface area contributed by atoms with Crippen LogP contribution in [0.5, 0.6) is 23.0 Å². The Labute approximate surface area is 198 Å². The molecule has 3 rings (SSSR count). The number of halogens is 2. The molecule has 2 aromatic rings. The molecule has 31 heavy (non-hydrogen) atoms. The highest BCUT2D eigenvalue weighted by Crippen LogP contribution is 2.36. The number of carbonyl (C=O) groups is 1. The van der Waals surface area contributed by atoms with Crippen LogP contribution in [0, 0.1) is 0 Å². The molecule has 6 nitrogen and oxygen atoms in total. The molecule has 1 saturated heterocycles. The van der Waals surface area contributed by atoms with Crippen LogP contribution in [0.1, 0.15) is 11.1 Å². The predicted molar refractivity (Wildman–Crippen MR) is 128 cm³/mol. The molecule has 0 aliphatic carbocycles. The zero-order valence-electron chi connectivity index (χ0n) is 17.7. The number of piperidine rings is 1. The Hall–Kier alpha value is -2.29. The molecule has 1 fully saturated rings. The normalized spacial score (nSPS) is 16.5. The van der Waals surface area contributed by atoms with Gasteiger partial charge < -0.3 is 24.3 Å². The molecule has 0 spiro atoms. The van der Waals surface area contributed by atoms with Crippen molar-refractivity contribution in [2.24, 2.45) is 0 Å². The van der Waals surface area contributed by atoms with E-state index >= 15 is 0 Å². The lowest BCUT2D eigenvalue weighted by Gasteiger charge is -2.19. The highest BCUT2D eigenvalue weighted by Gasteiger charge is 2.22. The van der Waals surface area contributed by atoms with Crippen molar-refractivity contribution in [3.8, 4) is 23.0 Å². The van der Waals surface area contributed by atoms with Crippen LogP contribution >= 0.6 is 31.9 Å². The van der Waals surface area contributed by atoms with Crippen molar-refractivity contribution in [2.45, 2.75) is 0 Å². The quantitative estimate of drug-likeness (QED) is 0.515. The standard InChI is InChI=1S/C23H23Br2NO5/c1-28-19-7-13(17(24)9-21(19)30-3)5-15-11-26-12-16(23(15)27)6-14-8-20(29-2)22(31-4)10-18(14)25/h5-10,26H,11-12H2,1-4H3. The number of nitrogens with one attached hydrogen (secondary N) is 1. The monoisotopic (exact) mass is 551 g/mol. The predicted octanol–water partition coefficient (Wildman–Crippen LogP) is 4.89. The second-order valence-electron chi connectivity index (χ2n) is 6.73. The second kappa shape index (κ2) is 10.3. The number of Topliss-reactive ketones (excluding diaryl/α,β-unsaturated/α-hetero) is 1. The van der Waals surface area contributed by atoms with Gasteiger partial charge in [0.25, 0.3) is 0 Å². The Morgan fingerprint density at radius 2 is 1.06 bits per heavy atom. The number of hydrogen-bond acceptors (Lipinski definition) is 6. The van der Waals surface area contributed by atoms with Gasteiger partial charge in [0.05, 0.1) is 28.4 Å². The summed E-state index contributed by atoms with van der Waals surface area (Å²) in [7, 11) is 6.33. The average molecular weight is 553 g/mol. The van der Waals surface area contributed by atoms with Crippen LogP contribution in [-0.4, -0.2) is 47.3 Å². The third-order valence-electron chi connectivity index (χ3n) is 4.88. The molecule has 1 heterocycles. The lowest BCUT2D eigenvalue weighted by Crippen LogP contribution is -2.32. The molecule has 0 saturated carbocycles. The van der Waals surface area contributed by atoms with Crippen LogP contribution in [0.2, 0.25) is 0 Å². The van der Waals surface area contributed by atoms with Crippen molar-refractivity contribution >= 4 is 49.8 Å². The molecule has 1 aliphatic rings. The van der Waals surface area contributed by atoms with Gasteiger partial charge in [-0.25, -0.2) is 0 Å². The van der Waals surface area contributed by atoms with Crippen LogP contribution in [0.15, 0.2) is 44.4 Å². The fourth-order valence-electron chi connectivity index (χ4n) is 3.27. The van der Waals surface area contributed by atoms with Crippen LogP contribution in [0.3, 0.4) is 0 Å². The summed E-state index contributed by atoms with van der Waals surface area (Å²) in [6.45, 7) is 0.953. The lowest BCUT2D eigenvalue weighted by atomic mass is 9.95. The van der Waals surface area contributed by atoms with Gasteiger partial charge in [-0.15, -0.1) is 0 Å². The Balaban J connectivity index is 1.97. The number of methoxy groups -OCH3 is 4. The topological polar surface area (TPSA) is 66.0 Å². The summed E-state index contributed by atoms with van der Waals surface area (Å²) in [5, 5.41) is 3.30. The van der Waals surface area contributed by atoms with Crippen molar-refractivity contribution in [1.29, 1.82) is 0 Å². The maximum atomic E-state index is 13.2. The van der Waals surface area contributed by atoms with Crippen molar-refractivity contribution < 1.29 is 23.7 Å². The number of benzene rings is 2. The molecule has 2 aromatic carbocycles. The number of ketones is 1. The fraction of sp³-hybridized carbons (Fsp3) is 0.261. The first kappa shape index (κ1) is 23.4. The van der Waals surface area contributed by atoms with Crippen LogP contribution in [0.25, 0.3) is 12.2 Å². The molecule has 0 radical (unpaired) electrons. The second-order valence-corrected chi connectivity index (χ2v) is 8.44. The van der Waals surface area contributed by atoms with E-state index in [1.807, 2.05) is 36.4 Å². The molecule has 0 unspecified atom stereocenters. The maximum absolute atomic E-state index is 13.2. The minimum absolute atomic E-state index is 0.0119. The van der Waals surface area contributed by atoms with E-state index in [9.17, 15) is 4.79 Å². The van der Waals surface area contributed by atoms with Gasteiger partial charge >= 0.3 is 0 Å². The van der Waals surface area contributed by atoms with Crippen molar-refractivity contribution in [1.82, 2.24) is 5.32 Å². The smallest absolute Gasteiger partial charge is 0.187 e. The summed E-state index contributed by atoms with van der Waals surface area (Å²) in [6, 6.07) is 7.32. The minimum atomic E-state index is -0.0119. The Morgan fingerprint density at radius 1 is 0.710 bits per heavy atom. The molecule has 164 valence electrons. The van der Waals surface area contributed by atoms with E-state index in [-0.39, 0.29) is 5.78 Å². The first-order chi connectivity index (χ1) is 14.9. The molecule has 0 aromatic heterocycles. The van der Waals surface area contributed by atoms with Crippen LogP contribution in [-0.2, 0) is 4.79 Å². The summed E-state index contributed by atoms with van der Waals surface area (Å²) in [5.74, 6) is 2.41. The number of carbonyl (C=O) groups excluding carboxylic acids is 1. The fourth-order valence-corrected chi connectivity index (χ4v) is 4.14. The van der Waals surface area contributed by atoms with E-state index in [2.05, 4.69) is 37.2 Å². The number of rotatable bonds is 6.